The van der Waals surface area contributed by atoms with Crippen molar-refractivity contribution < 1.29 is 4.74 Å². The fourth-order valence-electron chi connectivity index (χ4n) is 4.56. The van der Waals surface area contributed by atoms with Crippen LogP contribution < -0.4 is 26.4 Å². The van der Waals surface area contributed by atoms with Gasteiger partial charge in [-0.1, -0.05) is 0 Å². The minimum absolute atomic E-state index is 0.298. The van der Waals surface area contributed by atoms with Gasteiger partial charge in [0.15, 0.2) is 11.6 Å². The zero-order valence-corrected chi connectivity index (χ0v) is 17.5. The van der Waals surface area contributed by atoms with Crippen molar-refractivity contribution in [2.24, 2.45) is 16.5 Å². The normalized spacial score (nSPS) is 26.9. The third-order valence-electron chi connectivity index (χ3n) is 6.37. The third kappa shape index (κ3) is 4.19. The Labute approximate surface area is 173 Å². The molecule has 0 radical (unpaired) electrons. The summed E-state index contributed by atoms with van der Waals surface area (Å²) in [5.74, 6) is 1.03. The number of guanidine groups is 1. The van der Waals surface area contributed by atoms with Crippen LogP contribution in [0.5, 0.6) is 5.75 Å². The Kier molecular flexibility index (Phi) is 5.67. The molecule has 4 rings (SSSR count). The molecule has 0 spiro atoms. The van der Waals surface area contributed by atoms with Gasteiger partial charge in [0.25, 0.3) is 0 Å². The van der Waals surface area contributed by atoms with Crippen LogP contribution in [0, 0.1) is 0 Å². The van der Waals surface area contributed by atoms with Gasteiger partial charge in [-0.05, 0) is 38.1 Å². The number of nitrogens with zero attached hydrogens (tertiary/aromatic N) is 4. The highest BCUT2D eigenvalue weighted by Gasteiger charge is 2.31. The highest BCUT2D eigenvalue weighted by Crippen LogP contribution is 2.35. The van der Waals surface area contributed by atoms with Crippen LogP contribution in [0.4, 0.5) is 5.69 Å². The third-order valence-corrected chi connectivity index (χ3v) is 6.37. The number of benzene rings is 1. The zero-order chi connectivity index (χ0) is 20.4. The van der Waals surface area contributed by atoms with Crippen molar-refractivity contribution in [1.82, 2.24) is 15.1 Å². The summed E-state index contributed by atoms with van der Waals surface area (Å²) in [5, 5.41) is 2.85. The summed E-state index contributed by atoms with van der Waals surface area (Å²) in [4.78, 5) is 11.9. The summed E-state index contributed by atoms with van der Waals surface area (Å²) >= 11 is 0. The van der Waals surface area contributed by atoms with Crippen molar-refractivity contribution in [3.63, 3.8) is 0 Å². The van der Waals surface area contributed by atoms with E-state index in [0.29, 0.717) is 12.0 Å². The van der Waals surface area contributed by atoms with E-state index in [4.69, 9.17) is 16.2 Å². The van der Waals surface area contributed by atoms with Gasteiger partial charge in [0.1, 0.15) is 5.75 Å². The number of hydrogen-bond donors (Lipinski definition) is 3. The number of likely N-dealkylation sites (N-methyl/N-ethyl adjacent to an activating group) is 1. The summed E-state index contributed by atoms with van der Waals surface area (Å²) in [5.41, 5.74) is 13.3. The summed E-state index contributed by atoms with van der Waals surface area (Å²) in [6.07, 6.45) is 5.91. The van der Waals surface area contributed by atoms with Crippen molar-refractivity contribution in [1.29, 1.82) is 0 Å². The molecule has 1 aromatic rings. The maximum absolute atomic E-state index is 6.49. The van der Waals surface area contributed by atoms with Crippen LogP contribution >= 0.6 is 0 Å². The number of ether oxygens (including phenoxy) is 1. The monoisotopic (exact) mass is 399 g/mol. The summed E-state index contributed by atoms with van der Waals surface area (Å²) in [6, 6.07) is 6.89. The van der Waals surface area contributed by atoms with Crippen LogP contribution in [0.15, 0.2) is 35.5 Å². The highest BCUT2D eigenvalue weighted by molar-refractivity contribution is 5.80. The average molecular weight is 400 g/mol. The lowest BCUT2D eigenvalue weighted by Gasteiger charge is -2.42. The van der Waals surface area contributed by atoms with Crippen LogP contribution in [0.25, 0.3) is 0 Å². The molecule has 8 nitrogen and oxygen atoms in total. The number of anilines is 1. The van der Waals surface area contributed by atoms with E-state index >= 15 is 0 Å². The van der Waals surface area contributed by atoms with Gasteiger partial charge in [0, 0.05) is 68.8 Å². The lowest BCUT2D eigenvalue weighted by atomic mass is 9.97. The van der Waals surface area contributed by atoms with E-state index in [1.807, 2.05) is 6.07 Å². The lowest BCUT2D eigenvalue weighted by Crippen LogP contribution is -2.52. The second-order valence-corrected chi connectivity index (χ2v) is 8.24. The first-order valence-electron chi connectivity index (χ1n) is 10.4. The van der Waals surface area contributed by atoms with Gasteiger partial charge < -0.3 is 25.6 Å². The van der Waals surface area contributed by atoms with Gasteiger partial charge in [-0.3, -0.25) is 10.6 Å². The first kappa shape index (κ1) is 20.0. The molecule has 0 bridgehead atoms. The van der Waals surface area contributed by atoms with Gasteiger partial charge in [0.2, 0.25) is 0 Å². The lowest BCUT2D eigenvalue weighted by molar-refractivity contribution is 0.0982. The molecular weight excluding hydrogens is 366 g/mol. The molecule has 8 heteroatoms. The molecule has 0 amide bonds. The standard InChI is InChI=1S/C21H33N7O/c1-26-11-13-28(14-12-26)16-5-9-27(10-6-16)17-3-4-18(19(15-17)29-2)21(23)7-8-24-20(22)25-21/h3-4,7-8,15-16H,5-6,9-14,23H2,1-2H3,(H3,22,24,25). The molecule has 2 fully saturated rings. The van der Waals surface area contributed by atoms with E-state index < -0.39 is 5.66 Å². The van der Waals surface area contributed by atoms with Gasteiger partial charge in [-0.25, -0.2) is 4.99 Å². The first-order valence-corrected chi connectivity index (χ1v) is 10.4. The second-order valence-electron chi connectivity index (χ2n) is 8.24. The number of rotatable bonds is 4. The average Bonchev–Trinajstić information content (AvgIpc) is 2.74. The predicted molar refractivity (Wildman–Crippen MR) is 117 cm³/mol. The topological polar surface area (TPSA) is 95.4 Å². The van der Waals surface area contributed by atoms with Crippen molar-refractivity contribution in [2.45, 2.75) is 24.5 Å². The molecule has 2 saturated heterocycles. The second kappa shape index (κ2) is 8.22. The van der Waals surface area contributed by atoms with E-state index in [2.05, 4.69) is 44.2 Å². The fraction of sp³-hybridized carbons (Fsp3) is 0.571. The van der Waals surface area contributed by atoms with Crippen molar-refractivity contribution >= 4 is 11.6 Å². The van der Waals surface area contributed by atoms with E-state index in [1.54, 1.807) is 19.4 Å². The van der Waals surface area contributed by atoms with Crippen LogP contribution in [-0.4, -0.2) is 75.2 Å². The summed E-state index contributed by atoms with van der Waals surface area (Å²) < 4.78 is 5.67. The minimum atomic E-state index is -1.02. The summed E-state index contributed by atoms with van der Waals surface area (Å²) in [7, 11) is 3.88. The molecule has 1 unspecified atom stereocenters. The number of aliphatic imine (C=N–C) groups is 1. The van der Waals surface area contributed by atoms with Crippen molar-refractivity contribution in [3.05, 3.63) is 36.0 Å². The van der Waals surface area contributed by atoms with Crippen LogP contribution in [0.2, 0.25) is 0 Å². The molecular formula is C21H33N7O. The summed E-state index contributed by atoms with van der Waals surface area (Å²) in [6.45, 7) is 6.85. The Morgan fingerprint density at radius 1 is 1.14 bits per heavy atom. The molecule has 3 aliphatic heterocycles. The Morgan fingerprint density at radius 2 is 1.86 bits per heavy atom. The van der Waals surface area contributed by atoms with E-state index in [9.17, 15) is 0 Å². The predicted octanol–water partition coefficient (Wildman–Crippen LogP) is 0.455. The number of methoxy groups -OCH3 is 1. The zero-order valence-electron chi connectivity index (χ0n) is 17.5. The largest absolute Gasteiger partial charge is 0.496 e. The van der Waals surface area contributed by atoms with Gasteiger partial charge in [-0.2, -0.15) is 0 Å². The van der Waals surface area contributed by atoms with Crippen LogP contribution in [-0.2, 0) is 5.66 Å². The molecule has 29 heavy (non-hydrogen) atoms. The molecule has 3 aliphatic rings. The number of piperazine rings is 1. The molecule has 0 aromatic heterocycles. The molecule has 1 aromatic carbocycles. The molecule has 1 atom stereocenters. The number of hydrogen-bond acceptors (Lipinski definition) is 8. The van der Waals surface area contributed by atoms with E-state index in [-0.39, 0.29) is 0 Å². The van der Waals surface area contributed by atoms with Gasteiger partial charge in [0.05, 0.1) is 7.11 Å². The number of nitrogens with two attached hydrogens (primary N) is 2. The first-order chi connectivity index (χ1) is 14.0. The van der Waals surface area contributed by atoms with E-state index in [1.165, 1.54) is 44.7 Å². The fourth-order valence-corrected chi connectivity index (χ4v) is 4.56. The maximum atomic E-state index is 6.49. The highest BCUT2D eigenvalue weighted by atomic mass is 16.5. The van der Waals surface area contributed by atoms with Gasteiger partial charge in [-0.15, -0.1) is 0 Å². The Hall–Kier alpha value is -2.29. The SMILES string of the molecule is COc1cc(N2CCC(N3CCN(C)CC3)CC2)ccc1C1(N)C=CNC(N)=N1. The van der Waals surface area contributed by atoms with Gasteiger partial charge >= 0.3 is 0 Å². The molecule has 5 N–H and O–H groups in total. The molecule has 158 valence electrons. The molecule has 0 aliphatic carbocycles. The minimum Gasteiger partial charge on any atom is -0.496 e. The molecule has 0 saturated carbocycles. The number of piperidine rings is 1. The van der Waals surface area contributed by atoms with Crippen LogP contribution in [0.1, 0.15) is 18.4 Å². The Balaban J connectivity index is 1.45. The van der Waals surface area contributed by atoms with Crippen molar-refractivity contribution in [2.75, 3.05) is 58.3 Å². The Morgan fingerprint density at radius 3 is 2.52 bits per heavy atom. The maximum Gasteiger partial charge on any atom is 0.195 e. The quantitative estimate of drug-likeness (QED) is 0.677. The van der Waals surface area contributed by atoms with Crippen LogP contribution in [0.3, 0.4) is 0 Å². The number of nitrogens with one attached hydrogen (secondary N) is 1. The molecule has 3 heterocycles. The Bertz CT molecular complexity index is 779. The van der Waals surface area contributed by atoms with E-state index in [0.717, 1.165) is 24.4 Å². The smallest absolute Gasteiger partial charge is 0.195 e. The van der Waals surface area contributed by atoms with Crippen molar-refractivity contribution in [3.8, 4) is 5.75 Å².